The van der Waals surface area contributed by atoms with Crippen molar-refractivity contribution in [1.82, 2.24) is 0 Å². The van der Waals surface area contributed by atoms with Crippen molar-refractivity contribution in [2.24, 2.45) is 11.8 Å². The van der Waals surface area contributed by atoms with Crippen molar-refractivity contribution in [3.05, 3.63) is 0 Å². The van der Waals surface area contributed by atoms with E-state index in [1.807, 2.05) is 0 Å². The van der Waals surface area contributed by atoms with Gasteiger partial charge in [-0.25, -0.2) is 0 Å². The summed E-state index contributed by atoms with van der Waals surface area (Å²) >= 11 is 0. The van der Waals surface area contributed by atoms with Crippen molar-refractivity contribution in [1.29, 1.82) is 0 Å². The van der Waals surface area contributed by atoms with Crippen LogP contribution in [0.25, 0.3) is 0 Å². The lowest BCUT2D eigenvalue weighted by atomic mass is 9.99. The van der Waals surface area contributed by atoms with Crippen LogP contribution < -0.4 is 0 Å². The van der Waals surface area contributed by atoms with Crippen LogP contribution in [0.1, 0.15) is 381 Å². The van der Waals surface area contributed by atoms with Gasteiger partial charge in [-0.3, -0.25) is 14.4 Å². The summed E-state index contributed by atoms with van der Waals surface area (Å²) in [6.07, 6.45) is 66.8. The number of ether oxygens (including phenoxy) is 3. The molecule has 434 valence electrons. The molecule has 0 aromatic rings. The smallest absolute Gasteiger partial charge is 0.306 e. The maximum absolute atomic E-state index is 12.9. The Morgan fingerprint density at radius 2 is 0.521 bits per heavy atom. The average molecular weight is 1030 g/mol. The molecule has 73 heavy (non-hydrogen) atoms. The van der Waals surface area contributed by atoms with Gasteiger partial charge in [-0.05, 0) is 31.1 Å². The zero-order valence-corrected chi connectivity index (χ0v) is 50.3. The van der Waals surface area contributed by atoms with Crippen LogP contribution in [0.3, 0.4) is 0 Å². The first-order valence-electron chi connectivity index (χ1n) is 33.3. The van der Waals surface area contributed by atoms with Crippen molar-refractivity contribution < 1.29 is 28.6 Å². The first kappa shape index (κ1) is 71.4. The molecule has 0 saturated carbocycles. The predicted molar refractivity (Wildman–Crippen MR) is 316 cm³/mol. The summed E-state index contributed by atoms with van der Waals surface area (Å²) in [5, 5.41) is 0. The number of carbonyl (C=O) groups is 3. The molecule has 6 nitrogen and oxygen atoms in total. The molecule has 0 amide bonds. The summed E-state index contributed by atoms with van der Waals surface area (Å²) in [4.78, 5) is 38.4. The maximum Gasteiger partial charge on any atom is 0.306 e. The van der Waals surface area contributed by atoms with Gasteiger partial charge in [-0.2, -0.15) is 0 Å². The third kappa shape index (κ3) is 59.5. The van der Waals surface area contributed by atoms with Crippen LogP contribution in [-0.4, -0.2) is 37.2 Å². The number of carbonyl (C=O) groups excluding carboxylic acids is 3. The van der Waals surface area contributed by atoms with Crippen molar-refractivity contribution in [3.8, 4) is 0 Å². The molecule has 0 fully saturated rings. The molecule has 2 atom stereocenters. The Morgan fingerprint density at radius 1 is 0.288 bits per heavy atom. The van der Waals surface area contributed by atoms with E-state index in [0.29, 0.717) is 19.3 Å². The van der Waals surface area contributed by atoms with Crippen LogP contribution in [0, 0.1) is 11.8 Å². The fraction of sp³-hybridized carbons (Fsp3) is 0.955. The van der Waals surface area contributed by atoms with Crippen LogP contribution in [0.15, 0.2) is 0 Å². The van der Waals surface area contributed by atoms with Crippen LogP contribution in [0.4, 0.5) is 0 Å². The van der Waals surface area contributed by atoms with E-state index in [9.17, 15) is 14.4 Å². The number of hydrogen-bond acceptors (Lipinski definition) is 6. The largest absolute Gasteiger partial charge is 0.462 e. The summed E-state index contributed by atoms with van der Waals surface area (Å²) in [6, 6.07) is 0. The van der Waals surface area contributed by atoms with Crippen molar-refractivity contribution in [2.45, 2.75) is 387 Å². The second kappa shape index (κ2) is 59.7. The van der Waals surface area contributed by atoms with Gasteiger partial charge in [0.15, 0.2) is 6.10 Å². The zero-order valence-electron chi connectivity index (χ0n) is 50.3. The standard InChI is InChI=1S/C67H130O6/c1-6-8-9-10-11-12-13-14-15-16-20-24-27-34-39-44-49-54-59-67(70)73-64(61-72-66(69)58-53-48-43-38-33-29-28-30-35-40-45-50-55-62(3)4)60-71-65(68)57-52-47-42-37-32-26-23-21-18-17-19-22-25-31-36-41-46-51-56-63(5)7-2/h62-64H,6-61H2,1-5H3/t63?,64-/m0/s1. The van der Waals surface area contributed by atoms with Gasteiger partial charge in [-0.1, -0.05) is 343 Å². The van der Waals surface area contributed by atoms with E-state index in [4.69, 9.17) is 14.2 Å². The van der Waals surface area contributed by atoms with E-state index >= 15 is 0 Å². The first-order valence-corrected chi connectivity index (χ1v) is 33.3. The number of hydrogen-bond donors (Lipinski definition) is 0. The van der Waals surface area contributed by atoms with E-state index < -0.39 is 6.10 Å². The van der Waals surface area contributed by atoms with Crippen LogP contribution in [0.2, 0.25) is 0 Å². The van der Waals surface area contributed by atoms with Gasteiger partial charge >= 0.3 is 17.9 Å². The molecule has 0 aromatic heterocycles. The molecular weight excluding hydrogens is 901 g/mol. The lowest BCUT2D eigenvalue weighted by Crippen LogP contribution is -2.30. The fourth-order valence-electron chi connectivity index (χ4n) is 10.4. The Kier molecular flexibility index (Phi) is 58.4. The van der Waals surface area contributed by atoms with Gasteiger partial charge in [0.1, 0.15) is 13.2 Å². The molecule has 0 radical (unpaired) electrons. The third-order valence-corrected chi connectivity index (χ3v) is 15.8. The Bertz CT molecular complexity index is 1120. The summed E-state index contributed by atoms with van der Waals surface area (Å²) in [5.41, 5.74) is 0. The van der Waals surface area contributed by atoms with Crippen molar-refractivity contribution >= 4 is 17.9 Å². The molecule has 0 aromatic carbocycles. The van der Waals surface area contributed by atoms with E-state index in [1.54, 1.807) is 0 Å². The minimum absolute atomic E-state index is 0.0617. The molecule has 0 rings (SSSR count). The number of unbranched alkanes of at least 4 members (excludes halogenated alkanes) is 45. The predicted octanol–water partition coefficient (Wildman–Crippen LogP) is 22.4. The molecule has 6 heteroatoms. The molecule has 0 aliphatic rings. The van der Waals surface area contributed by atoms with Crippen molar-refractivity contribution in [3.63, 3.8) is 0 Å². The van der Waals surface area contributed by atoms with Gasteiger partial charge < -0.3 is 14.2 Å². The highest BCUT2D eigenvalue weighted by molar-refractivity contribution is 5.71. The second-order valence-corrected chi connectivity index (χ2v) is 23.8. The molecule has 0 N–H and O–H groups in total. The van der Waals surface area contributed by atoms with Crippen LogP contribution in [-0.2, 0) is 28.6 Å². The zero-order chi connectivity index (χ0) is 53.2. The monoisotopic (exact) mass is 1030 g/mol. The average Bonchev–Trinajstić information content (AvgIpc) is 3.38. The Morgan fingerprint density at radius 3 is 0.781 bits per heavy atom. The molecule has 1 unspecified atom stereocenters. The molecule has 0 bridgehead atoms. The van der Waals surface area contributed by atoms with Gasteiger partial charge in [0, 0.05) is 19.3 Å². The van der Waals surface area contributed by atoms with E-state index in [2.05, 4.69) is 34.6 Å². The summed E-state index contributed by atoms with van der Waals surface area (Å²) in [6.45, 7) is 11.5. The van der Waals surface area contributed by atoms with Crippen molar-refractivity contribution in [2.75, 3.05) is 13.2 Å². The van der Waals surface area contributed by atoms with Gasteiger partial charge in [-0.15, -0.1) is 0 Å². The quantitative estimate of drug-likeness (QED) is 0.0343. The SMILES string of the molecule is CCCCCCCCCCCCCCCCCCCCC(=O)O[C@@H](COC(=O)CCCCCCCCCCCCCCCCCCCCC(C)CC)COC(=O)CCCCCCCCCCCCCCC(C)C. The Balaban J connectivity index is 4.26. The summed E-state index contributed by atoms with van der Waals surface area (Å²) < 4.78 is 17.0. The summed E-state index contributed by atoms with van der Waals surface area (Å²) in [7, 11) is 0. The Hall–Kier alpha value is -1.59. The molecule has 0 heterocycles. The normalized spacial score (nSPS) is 12.4. The number of rotatable bonds is 61. The highest BCUT2D eigenvalue weighted by atomic mass is 16.6. The van der Waals surface area contributed by atoms with E-state index in [0.717, 1.165) is 69.6 Å². The topological polar surface area (TPSA) is 78.9 Å². The number of esters is 3. The lowest BCUT2D eigenvalue weighted by molar-refractivity contribution is -0.167. The van der Waals surface area contributed by atoms with E-state index in [-0.39, 0.29) is 31.1 Å². The highest BCUT2D eigenvalue weighted by Crippen LogP contribution is 2.20. The van der Waals surface area contributed by atoms with Crippen LogP contribution in [0.5, 0.6) is 0 Å². The second-order valence-electron chi connectivity index (χ2n) is 23.8. The molecule has 0 aliphatic carbocycles. The molecule has 0 aliphatic heterocycles. The Labute approximate surface area is 457 Å². The lowest BCUT2D eigenvalue weighted by Gasteiger charge is -2.18. The van der Waals surface area contributed by atoms with Gasteiger partial charge in [0.05, 0.1) is 0 Å². The van der Waals surface area contributed by atoms with Crippen LogP contribution >= 0.6 is 0 Å². The minimum Gasteiger partial charge on any atom is -0.462 e. The highest BCUT2D eigenvalue weighted by Gasteiger charge is 2.19. The van der Waals surface area contributed by atoms with E-state index in [1.165, 1.54) is 270 Å². The molecule has 0 spiro atoms. The van der Waals surface area contributed by atoms with Gasteiger partial charge in [0.25, 0.3) is 0 Å². The molecular formula is C67H130O6. The first-order chi connectivity index (χ1) is 35.8. The summed E-state index contributed by atoms with van der Waals surface area (Å²) in [5.74, 6) is 0.915. The fourth-order valence-corrected chi connectivity index (χ4v) is 10.4. The third-order valence-electron chi connectivity index (χ3n) is 15.8. The molecule has 0 saturated heterocycles. The maximum atomic E-state index is 12.9. The minimum atomic E-state index is -0.764. The van der Waals surface area contributed by atoms with Gasteiger partial charge in [0.2, 0.25) is 0 Å².